The van der Waals surface area contributed by atoms with Crippen LogP contribution in [0.3, 0.4) is 0 Å². The summed E-state index contributed by atoms with van der Waals surface area (Å²) in [7, 11) is -3.19. The molecule has 8 heteroatoms. The van der Waals surface area contributed by atoms with Gasteiger partial charge in [-0.15, -0.1) is 10.2 Å². The number of nitrogens with zero attached hydrogens (tertiary/aromatic N) is 3. The summed E-state index contributed by atoms with van der Waals surface area (Å²) >= 11 is 0. The molecule has 0 aromatic carbocycles. The number of sulfonamides is 1. The summed E-state index contributed by atoms with van der Waals surface area (Å²) in [6, 6.07) is 5.37. The lowest BCUT2D eigenvalue weighted by Crippen LogP contribution is -2.27. The summed E-state index contributed by atoms with van der Waals surface area (Å²) in [4.78, 5) is 4.09. The van der Waals surface area contributed by atoms with Crippen LogP contribution in [0, 0.1) is 0 Å². The van der Waals surface area contributed by atoms with Crippen LogP contribution < -0.4 is 4.72 Å². The Bertz CT molecular complexity index is 624. The van der Waals surface area contributed by atoms with E-state index in [0.717, 1.165) is 0 Å². The lowest BCUT2D eigenvalue weighted by atomic mass is 10.3. The van der Waals surface area contributed by atoms with E-state index in [9.17, 15) is 8.42 Å². The molecule has 2 aromatic rings. The lowest BCUT2D eigenvalue weighted by molar-refractivity contribution is 0.500. The topological polar surface area (TPSA) is 98.0 Å². The van der Waals surface area contributed by atoms with Crippen LogP contribution in [0.25, 0.3) is 11.6 Å². The van der Waals surface area contributed by atoms with Crippen LogP contribution in [0.4, 0.5) is 0 Å². The van der Waals surface area contributed by atoms with Crippen molar-refractivity contribution in [2.75, 3.05) is 12.3 Å². The molecule has 0 amide bonds. The van der Waals surface area contributed by atoms with Gasteiger partial charge in [-0.3, -0.25) is 4.98 Å². The lowest BCUT2D eigenvalue weighted by Gasteiger charge is -2.01. The molecule has 0 aliphatic carbocycles. The van der Waals surface area contributed by atoms with Gasteiger partial charge in [0.25, 0.3) is 5.89 Å². The van der Waals surface area contributed by atoms with Gasteiger partial charge >= 0.3 is 0 Å². The second-order valence-corrected chi connectivity index (χ2v) is 5.86. The van der Waals surface area contributed by atoms with Crippen molar-refractivity contribution in [2.24, 2.45) is 0 Å². The maximum atomic E-state index is 11.2. The highest BCUT2D eigenvalue weighted by atomic mass is 32.2. The molecule has 0 spiro atoms. The summed E-state index contributed by atoms with van der Waals surface area (Å²) in [6.07, 6.45) is 1.98. The van der Waals surface area contributed by atoms with Gasteiger partial charge in [0.2, 0.25) is 15.9 Å². The molecular weight excluding hydrogens is 268 g/mol. The van der Waals surface area contributed by atoms with E-state index in [4.69, 9.17) is 4.42 Å². The van der Waals surface area contributed by atoms with E-state index < -0.39 is 10.0 Å². The molecule has 2 aromatic heterocycles. The third kappa shape index (κ3) is 3.83. The summed E-state index contributed by atoms with van der Waals surface area (Å²) in [5.74, 6) is 0.754. The van der Waals surface area contributed by atoms with E-state index >= 15 is 0 Å². The van der Waals surface area contributed by atoms with E-state index in [0.29, 0.717) is 23.9 Å². The highest BCUT2D eigenvalue weighted by Crippen LogP contribution is 2.14. The number of aromatic nitrogens is 3. The average Bonchev–Trinajstić information content (AvgIpc) is 2.88. The standard InChI is InChI=1S/C11H14N4O3S/c1-2-19(16,17)13-8-6-10-14-15-11(18-10)9-5-3-4-7-12-9/h3-5,7,13H,2,6,8H2,1H3. The molecule has 0 aliphatic rings. The predicted octanol–water partition coefficient (Wildman–Crippen LogP) is 0.613. The summed E-state index contributed by atoms with van der Waals surface area (Å²) < 4.78 is 30.3. The summed E-state index contributed by atoms with van der Waals surface area (Å²) in [5.41, 5.74) is 0.593. The minimum Gasteiger partial charge on any atom is -0.419 e. The van der Waals surface area contributed by atoms with Gasteiger partial charge < -0.3 is 4.42 Å². The predicted molar refractivity (Wildman–Crippen MR) is 68.7 cm³/mol. The minimum atomic E-state index is -3.19. The molecule has 19 heavy (non-hydrogen) atoms. The molecule has 0 atom stereocenters. The van der Waals surface area contributed by atoms with E-state index in [1.807, 2.05) is 6.07 Å². The molecule has 1 N–H and O–H groups in total. The van der Waals surface area contributed by atoms with Crippen molar-refractivity contribution >= 4 is 10.0 Å². The smallest absolute Gasteiger partial charge is 0.266 e. The Morgan fingerprint density at radius 3 is 2.84 bits per heavy atom. The van der Waals surface area contributed by atoms with Crippen molar-refractivity contribution in [3.63, 3.8) is 0 Å². The van der Waals surface area contributed by atoms with Crippen molar-refractivity contribution in [1.29, 1.82) is 0 Å². The van der Waals surface area contributed by atoms with Gasteiger partial charge in [-0.05, 0) is 19.1 Å². The van der Waals surface area contributed by atoms with Crippen molar-refractivity contribution in [3.8, 4) is 11.6 Å². The first-order valence-corrected chi connectivity index (χ1v) is 7.47. The fraction of sp³-hybridized carbons (Fsp3) is 0.364. The zero-order valence-electron chi connectivity index (χ0n) is 10.4. The molecule has 0 radical (unpaired) electrons. The first-order valence-electron chi connectivity index (χ1n) is 5.82. The van der Waals surface area contributed by atoms with Gasteiger partial charge in [0, 0.05) is 19.2 Å². The number of rotatable bonds is 6. The summed E-state index contributed by atoms with van der Waals surface area (Å²) in [6.45, 7) is 1.81. The van der Waals surface area contributed by atoms with Gasteiger partial charge in [0.1, 0.15) is 5.69 Å². The Hall–Kier alpha value is -1.80. The van der Waals surface area contributed by atoms with E-state index in [1.165, 1.54) is 0 Å². The van der Waals surface area contributed by atoms with Crippen molar-refractivity contribution in [3.05, 3.63) is 30.3 Å². The van der Waals surface area contributed by atoms with Crippen LogP contribution in [0.1, 0.15) is 12.8 Å². The van der Waals surface area contributed by atoms with E-state index in [2.05, 4.69) is 19.9 Å². The first kappa shape index (κ1) is 13.6. The van der Waals surface area contributed by atoms with Crippen molar-refractivity contribution in [1.82, 2.24) is 19.9 Å². The molecule has 2 heterocycles. The van der Waals surface area contributed by atoms with Crippen LogP contribution >= 0.6 is 0 Å². The third-order valence-electron chi connectivity index (χ3n) is 2.39. The Labute approximate surface area is 111 Å². The monoisotopic (exact) mass is 282 g/mol. The molecule has 7 nitrogen and oxygen atoms in total. The molecule has 0 unspecified atom stereocenters. The average molecular weight is 282 g/mol. The molecule has 2 rings (SSSR count). The molecular formula is C11H14N4O3S. The zero-order chi connectivity index (χ0) is 13.7. The van der Waals surface area contributed by atoms with Gasteiger partial charge in [-0.25, -0.2) is 13.1 Å². The Morgan fingerprint density at radius 2 is 2.16 bits per heavy atom. The second-order valence-electron chi connectivity index (χ2n) is 3.76. The van der Waals surface area contributed by atoms with Crippen LogP contribution in [0.5, 0.6) is 0 Å². The van der Waals surface area contributed by atoms with Gasteiger partial charge in [0.15, 0.2) is 0 Å². The van der Waals surface area contributed by atoms with Gasteiger partial charge in [-0.1, -0.05) is 6.07 Å². The zero-order valence-corrected chi connectivity index (χ0v) is 11.2. The molecule has 102 valence electrons. The fourth-order valence-corrected chi connectivity index (χ4v) is 1.98. The quantitative estimate of drug-likeness (QED) is 0.833. The third-order valence-corrected chi connectivity index (χ3v) is 3.80. The maximum Gasteiger partial charge on any atom is 0.266 e. The van der Waals surface area contributed by atoms with E-state index in [-0.39, 0.29) is 12.3 Å². The van der Waals surface area contributed by atoms with Crippen molar-refractivity contribution in [2.45, 2.75) is 13.3 Å². The molecule has 0 aliphatic heterocycles. The molecule has 0 bridgehead atoms. The normalized spacial score (nSPS) is 11.6. The Morgan fingerprint density at radius 1 is 1.32 bits per heavy atom. The molecule has 0 saturated heterocycles. The second kappa shape index (κ2) is 5.89. The highest BCUT2D eigenvalue weighted by Gasteiger charge is 2.10. The number of pyridine rings is 1. The van der Waals surface area contributed by atoms with E-state index in [1.54, 1.807) is 25.3 Å². The summed E-state index contributed by atoms with van der Waals surface area (Å²) in [5, 5.41) is 7.71. The van der Waals surface area contributed by atoms with Crippen LogP contribution in [0.2, 0.25) is 0 Å². The maximum absolute atomic E-state index is 11.2. The largest absolute Gasteiger partial charge is 0.419 e. The number of hydrogen-bond donors (Lipinski definition) is 1. The fourth-order valence-electron chi connectivity index (χ4n) is 1.36. The first-order chi connectivity index (χ1) is 9.11. The molecule has 0 fully saturated rings. The van der Waals surface area contributed by atoms with Crippen LogP contribution in [-0.4, -0.2) is 35.9 Å². The number of nitrogens with one attached hydrogen (secondary N) is 1. The van der Waals surface area contributed by atoms with Gasteiger partial charge in [0.05, 0.1) is 5.75 Å². The highest BCUT2D eigenvalue weighted by molar-refractivity contribution is 7.89. The van der Waals surface area contributed by atoms with Crippen LogP contribution in [-0.2, 0) is 16.4 Å². The minimum absolute atomic E-state index is 0.0516. The van der Waals surface area contributed by atoms with Crippen molar-refractivity contribution < 1.29 is 12.8 Å². The Kier molecular flexibility index (Phi) is 4.23. The van der Waals surface area contributed by atoms with Gasteiger partial charge in [-0.2, -0.15) is 0 Å². The SMILES string of the molecule is CCS(=O)(=O)NCCc1nnc(-c2ccccn2)o1. The van der Waals surface area contributed by atoms with Crippen LogP contribution in [0.15, 0.2) is 28.8 Å². The Balaban J connectivity index is 1.95. The molecule has 0 saturated carbocycles. The number of hydrogen-bond acceptors (Lipinski definition) is 6.